The van der Waals surface area contributed by atoms with Crippen LogP contribution in [0.4, 0.5) is 0 Å². The molecule has 2 nitrogen and oxygen atoms in total. The first-order chi connectivity index (χ1) is 6.47. The largest absolute Gasteiger partial charge is 0.393 e. The Morgan fingerprint density at radius 2 is 2.00 bits per heavy atom. The molecule has 0 heterocycles. The molecule has 14 heavy (non-hydrogen) atoms. The van der Waals surface area contributed by atoms with Crippen molar-refractivity contribution in [1.82, 2.24) is 5.32 Å². The molecule has 0 radical (unpaired) electrons. The minimum atomic E-state index is -0.118. The topological polar surface area (TPSA) is 32.3 Å². The van der Waals surface area contributed by atoms with Gasteiger partial charge < -0.3 is 10.4 Å². The highest BCUT2D eigenvalue weighted by atomic mass is 16.3. The van der Waals surface area contributed by atoms with Crippen molar-refractivity contribution in [2.45, 2.75) is 58.6 Å². The summed E-state index contributed by atoms with van der Waals surface area (Å²) in [4.78, 5) is 0. The molecule has 1 aliphatic rings. The van der Waals surface area contributed by atoms with Gasteiger partial charge in [-0.3, -0.25) is 0 Å². The molecule has 1 saturated carbocycles. The molecule has 0 aromatic heterocycles. The third-order valence-electron chi connectivity index (χ3n) is 3.64. The predicted molar refractivity (Wildman–Crippen MR) is 60.3 cm³/mol. The number of aliphatic hydroxyl groups excluding tert-OH is 1. The van der Waals surface area contributed by atoms with E-state index in [2.05, 4.69) is 33.0 Å². The highest BCUT2D eigenvalue weighted by Crippen LogP contribution is 2.35. The van der Waals surface area contributed by atoms with Gasteiger partial charge in [0, 0.05) is 11.5 Å². The summed E-state index contributed by atoms with van der Waals surface area (Å²) in [5, 5.41) is 13.5. The zero-order chi connectivity index (χ0) is 10.8. The van der Waals surface area contributed by atoms with Crippen molar-refractivity contribution in [1.29, 1.82) is 0 Å². The molecule has 1 aliphatic carbocycles. The first kappa shape index (κ1) is 12.0. The van der Waals surface area contributed by atoms with E-state index in [1.807, 2.05) is 0 Å². The number of hydrogen-bond acceptors (Lipinski definition) is 2. The Balaban J connectivity index is 2.58. The second kappa shape index (κ2) is 4.63. The molecule has 0 aromatic carbocycles. The average Bonchev–Trinajstić information content (AvgIpc) is 2.02. The minimum absolute atomic E-state index is 0.0777. The predicted octanol–water partition coefficient (Wildman–Crippen LogP) is 2.17. The van der Waals surface area contributed by atoms with Crippen LogP contribution in [-0.2, 0) is 0 Å². The Morgan fingerprint density at radius 1 is 1.36 bits per heavy atom. The third-order valence-corrected chi connectivity index (χ3v) is 3.64. The summed E-state index contributed by atoms with van der Waals surface area (Å²) in [7, 11) is 0. The smallest absolute Gasteiger partial charge is 0.0588 e. The van der Waals surface area contributed by atoms with Crippen LogP contribution in [0.15, 0.2) is 0 Å². The standard InChI is InChI=1S/C12H25NO/c1-5-13-12(3,4)10-7-6-9(2)8-11(10)14/h9-11,13-14H,5-8H2,1-4H3/t9-,10-,11-/m1/s1. The van der Waals surface area contributed by atoms with E-state index < -0.39 is 0 Å². The van der Waals surface area contributed by atoms with E-state index in [1.165, 1.54) is 6.42 Å². The number of rotatable bonds is 3. The monoisotopic (exact) mass is 199 g/mol. The van der Waals surface area contributed by atoms with E-state index in [1.54, 1.807) is 0 Å². The summed E-state index contributed by atoms with van der Waals surface area (Å²) in [5.41, 5.74) is 0.0777. The van der Waals surface area contributed by atoms with Crippen molar-refractivity contribution in [2.24, 2.45) is 11.8 Å². The van der Waals surface area contributed by atoms with E-state index in [0.717, 1.165) is 19.4 Å². The molecule has 0 spiro atoms. The summed E-state index contributed by atoms with van der Waals surface area (Å²) < 4.78 is 0. The lowest BCUT2D eigenvalue weighted by atomic mass is 9.72. The van der Waals surface area contributed by atoms with Crippen LogP contribution in [0.3, 0.4) is 0 Å². The van der Waals surface area contributed by atoms with Gasteiger partial charge in [-0.2, -0.15) is 0 Å². The van der Waals surface area contributed by atoms with Gasteiger partial charge in [0.05, 0.1) is 6.10 Å². The van der Waals surface area contributed by atoms with E-state index in [0.29, 0.717) is 11.8 Å². The molecule has 2 N–H and O–H groups in total. The third kappa shape index (κ3) is 2.71. The Labute approximate surface area is 88.1 Å². The molecule has 0 bridgehead atoms. The second-order valence-electron chi connectivity index (χ2n) is 5.34. The molecule has 0 unspecified atom stereocenters. The van der Waals surface area contributed by atoms with E-state index >= 15 is 0 Å². The van der Waals surface area contributed by atoms with Crippen molar-refractivity contribution < 1.29 is 5.11 Å². The normalized spacial score (nSPS) is 34.5. The quantitative estimate of drug-likeness (QED) is 0.730. The van der Waals surface area contributed by atoms with E-state index in [-0.39, 0.29) is 11.6 Å². The SMILES string of the molecule is CCNC(C)(C)[C@@H]1CC[C@@H](C)C[C@H]1O. The second-order valence-corrected chi connectivity index (χ2v) is 5.34. The summed E-state index contributed by atoms with van der Waals surface area (Å²) in [5.74, 6) is 1.11. The van der Waals surface area contributed by atoms with E-state index in [9.17, 15) is 5.11 Å². The zero-order valence-electron chi connectivity index (χ0n) is 10.0. The summed E-state index contributed by atoms with van der Waals surface area (Å²) in [6.45, 7) is 9.76. The van der Waals surface area contributed by atoms with Gasteiger partial charge in [0.15, 0.2) is 0 Å². The maximum absolute atomic E-state index is 10.1. The molecule has 1 fully saturated rings. The van der Waals surface area contributed by atoms with Crippen molar-refractivity contribution in [3.63, 3.8) is 0 Å². The molecule has 2 heteroatoms. The molecule has 84 valence electrons. The molecule has 3 atom stereocenters. The molecule has 0 amide bonds. The van der Waals surface area contributed by atoms with Crippen LogP contribution >= 0.6 is 0 Å². The highest BCUT2D eigenvalue weighted by molar-refractivity contribution is 4.93. The van der Waals surface area contributed by atoms with Gasteiger partial charge in [-0.25, -0.2) is 0 Å². The first-order valence-corrected chi connectivity index (χ1v) is 5.90. The Morgan fingerprint density at radius 3 is 2.50 bits per heavy atom. The van der Waals surface area contributed by atoms with Gasteiger partial charge in [-0.05, 0) is 39.2 Å². The molecular formula is C12H25NO. The summed E-state index contributed by atoms with van der Waals surface area (Å²) in [6, 6.07) is 0. The van der Waals surface area contributed by atoms with Crippen LogP contribution in [0, 0.1) is 11.8 Å². The Bertz CT molecular complexity index is 179. The Hall–Kier alpha value is -0.0800. The maximum atomic E-state index is 10.1. The number of hydrogen-bond donors (Lipinski definition) is 2. The van der Waals surface area contributed by atoms with Gasteiger partial charge in [0.2, 0.25) is 0 Å². The summed E-state index contributed by atoms with van der Waals surface area (Å²) in [6.07, 6.45) is 3.27. The average molecular weight is 199 g/mol. The Kier molecular flexibility index (Phi) is 3.96. The van der Waals surface area contributed by atoms with Crippen molar-refractivity contribution in [3.05, 3.63) is 0 Å². The van der Waals surface area contributed by atoms with Gasteiger partial charge >= 0.3 is 0 Å². The van der Waals surface area contributed by atoms with Gasteiger partial charge in [-0.1, -0.05) is 20.3 Å². The fraction of sp³-hybridized carbons (Fsp3) is 1.00. The van der Waals surface area contributed by atoms with Crippen LogP contribution in [0.5, 0.6) is 0 Å². The van der Waals surface area contributed by atoms with Crippen molar-refractivity contribution in [3.8, 4) is 0 Å². The number of nitrogens with one attached hydrogen (secondary N) is 1. The molecule has 0 aromatic rings. The fourth-order valence-electron chi connectivity index (χ4n) is 2.78. The van der Waals surface area contributed by atoms with Crippen LogP contribution in [0.2, 0.25) is 0 Å². The van der Waals surface area contributed by atoms with Gasteiger partial charge in [0.25, 0.3) is 0 Å². The lowest BCUT2D eigenvalue weighted by Gasteiger charge is -2.42. The van der Waals surface area contributed by atoms with E-state index in [4.69, 9.17) is 0 Å². The first-order valence-electron chi connectivity index (χ1n) is 5.90. The van der Waals surface area contributed by atoms with Gasteiger partial charge in [-0.15, -0.1) is 0 Å². The van der Waals surface area contributed by atoms with Gasteiger partial charge in [0.1, 0.15) is 0 Å². The lowest BCUT2D eigenvalue weighted by molar-refractivity contribution is 0.00667. The molecule has 1 rings (SSSR count). The van der Waals surface area contributed by atoms with Crippen molar-refractivity contribution >= 4 is 0 Å². The van der Waals surface area contributed by atoms with Crippen LogP contribution in [0.1, 0.15) is 47.0 Å². The maximum Gasteiger partial charge on any atom is 0.0588 e. The van der Waals surface area contributed by atoms with Crippen LogP contribution in [-0.4, -0.2) is 23.3 Å². The molecule has 0 saturated heterocycles. The fourth-order valence-corrected chi connectivity index (χ4v) is 2.78. The van der Waals surface area contributed by atoms with Crippen LogP contribution in [0.25, 0.3) is 0 Å². The molecular weight excluding hydrogens is 174 g/mol. The summed E-state index contributed by atoms with van der Waals surface area (Å²) >= 11 is 0. The molecule has 0 aliphatic heterocycles. The highest BCUT2D eigenvalue weighted by Gasteiger charge is 2.37. The zero-order valence-corrected chi connectivity index (χ0v) is 10.0. The minimum Gasteiger partial charge on any atom is -0.393 e. The van der Waals surface area contributed by atoms with Crippen LogP contribution < -0.4 is 5.32 Å². The lowest BCUT2D eigenvalue weighted by Crippen LogP contribution is -2.52. The number of aliphatic hydroxyl groups is 1. The van der Waals surface area contributed by atoms with Crippen molar-refractivity contribution in [2.75, 3.05) is 6.54 Å².